The van der Waals surface area contributed by atoms with Crippen molar-refractivity contribution >= 4 is 29.1 Å². The van der Waals surface area contributed by atoms with E-state index in [1.54, 1.807) is 0 Å². The van der Waals surface area contributed by atoms with Gasteiger partial charge in [0.2, 0.25) is 11.7 Å². The molecule has 0 saturated heterocycles. The van der Waals surface area contributed by atoms with Crippen molar-refractivity contribution in [2.45, 2.75) is 69.3 Å². The first-order valence-electron chi connectivity index (χ1n) is 14.5. The zero-order valence-corrected chi connectivity index (χ0v) is 23.9. The number of aliphatic hydroxyl groups is 3. The summed E-state index contributed by atoms with van der Waals surface area (Å²) in [7, 11) is 3.01. The van der Waals surface area contributed by atoms with Crippen molar-refractivity contribution in [2.75, 3.05) is 20.6 Å². The number of carbonyl (C=O) groups is 4. The molecule has 1 aromatic rings. The highest BCUT2D eigenvalue weighted by Crippen LogP contribution is 2.54. The maximum absolute atomic E-state index is 16.1. The number of nitrogens with zero attached hydrogens (tertiary/aromatic N) is 2. The Morgan fingerprint density at radius 1 is 1.09 bits per heavy atom. The van der Waals surface area contributed by atoms with Crippen LogP contribution < -0.4 is 11.1 Å². The molecule has 2 saturated carbocycles. The highest BCUT2D eigenvalue weighted by Gasteiger charge is 2.64. The fourth-order valence-corrected chi connectivity index (χ4v) is 7.86. The lowest BCUT2D eigenvalue weighted by molar-refractivity contribution is -0.153. The molecule has 6 rings (SSSR count). The molecule has 13 heteroatoms. The number of phenolic OH excluding ortho intramolecular Hbond substituents is 1. The first kappa shape index (κ1) is 29.3. The van der Waals surface area contributed by atoms with Crippen LogP contribution in [0.3, 0.4) is 0 Å². The van der Waals surface area contributed by atoms with Gasteiger partial charge in [-0.05, 0) is 45.7 Å². The third-order valence-electron chi connectivity index (χ3n) is 9.98. The Bertz CT molecular complexity index is 1540. The van der Waals surface area contributed by atoms with Crippen LogP contribution in [0.25, 0.3) is 5.76 Å². The Hall–Kier alpha value is -3.81. The molecule has 5 aliphatic rings. The number of carbonyl (C=O) groups excluding carboxylic acids is 4. The maximum atomic E-state index is 16.1. The molecular weight excluding hydrogens is 563 g/mol. The molecule has 1 aromatic carbocycles. The van der Waals surface area contributed by atoms with Crippen LogP contribution in [0.15, 0.2) is 16.9 Å². The zero-order valence-electron chi connectivity index (χ0n) is 23.9. The number of benzene rings is 1. The summed E-state index contributed by atoms with van der Waals surface area (Å²) in [4.78, 5) is 55.1. The molecule has 230 valence electrons. The largest absolute Gasteiger partial charge is 0.508 e. The van der Waals surface area contributed by atoms with Crippen LogP contribution in [-0.4, -0.2) is 91.9 Å². The third kappa shape index (κ3) is 4.12. The number of amides is 2. The summed E-state index contributed by atoms with van der Waals surface area (Å²) in [5, 5.41) is 48.6. The van der Waals surface area contributed by atoms with E-state index in [1.165, 1.54) is 23.9 Å². The summed E-state index contributed by atoms with van der Waals surface area (Å²) in [6.07, 6.45) is 3.88. The van der Waals surface area contributed by atoms with Crippen molar-refractivity contribution in [1.82, 2.24) is 15.1 Å². The van der Waals surface area contributed by atoms with Gasteiger partial charge in [-0.1, -0.05) is 12.8 Å². The summed E-state index contributed by atoms with van der Waals surface area (Å²) in [5.41, 5.74) is 1.21. The summed E-state index contributed by atoms with van der Waals surface area (Å²) >= 11 is 0. The quantitative estimate of drug-likeness (QED) is 0.260. The predicted molar refractivity (Wildman–Crippen MR) is 149 cm³/mol. The van der Waals surface area contributed by atoms with Crippen LogP contribution in [0.4, 0.5) is 4.39 Å². The lowest BCUT2D eigenvalue weighted by Crippen LogP contribution is -2.65. The average molecular weight is 599 g/mol. The summed E-state index contributed by atoms with van der Waals surface area (Å²) < 4.78 is 16.1. The minimum absolute atomic E-state index is 0.0414. The number of hydrogen-bond acceptors (Lipinski definition) is 10. The lowest BCUT2D eigenvalue weighted by Gasteiger charge is -2.50. The maximum Gasteiger partial charge on any atom is 0.255 e. The number of rotatable bonds is 5. The van der Waals surface area contributed by atoms with Gasteiger partial charge in [0, 0.05) is 40.8 Å². The van der Waals surface area contributed by atoms with Crippen molar-refractivity contribution in [3.63, 3.8) is 0 Å². The van der Waals surface area contributed by atoms with Gasteiger partial charge in [0.05, 0.1) is 24.7 Å². The topological polar surface area (TPSA) is 194 Å². The lowest BCUT2D eigenvalue weighted by atomic mass is 9.57. The van der Waals surface area contributed by atoms with E-state index in [4.69, 9.17) is 5.73 Å². The van der Waals surface area contributed by atoms with Crippen LogP contribution in [0.5, 0.6) is 5.75 Å². The second-order valence-corrected chi connectivity index (χ2v) is 12.5. The summed E-state index contributed by atoms with van der Waals surface area (Å²) in [6.45, 7) is -0.0917. The molecule has 4 atom stereocenters. The van der Waals surface area contributed by atoms with Gasteiger partial charge < -0.3 is 36.4 Å². The molecule has 2 amide bonds. The van der Waals surface area contributed by atoms with Crippen molar-refractivity contribution < 1.29 is 44.0 Å². The van der Waals surface area contributed by atoms with Gasteiger partial charge in [-0.15, -0.1) is 0 Å². The van der Waals surface area contributed by atoms with E-state index in [1.807, 2.05) is 0 Å². The highest BCUT2D eigenvalue weighted by molar-refractivity contribution is 6.24. The first-order chi connectivity index (χ1) is 20.3. The van der Waals surface area contributed by atoms with E-state index in [0.29, 0.717) is 0 Å². The van der Waals surface area contributed by atoms with E-state index < -0.39 is 69.6 Å². The predicted octanol–water partition coefficient (Wildman–Crippen LogP) is 0.478. The number of aromatic hydroxyl groups is 1. The Balaban J connectivity index is 1.39. The van der Waals surface area contributed by atoms with Gasteiger partial charge in [-0.25, -0.2) is 4.39 Å². The first-order valence-corrected chi connectivity index (χ1v) is 14.5. The number of likely N-dealkylation sites (N-methyl/N-ethyl adjacent to an activating group) is 1. The molecule has 1 heterocycles. The average Bonchev–Trinajstić information content (AvgIpc) is 3.63. The third-order valence-corrected chi connectivity index (χ3v) is 9.98. The molecule has 1 aliphatic heterocycles. The Morgan fingerprint density at radius 2 is 1.74 bits per heavy atom. The van der Waals surface area contributed by atoms with E-state index in [9.17, 15) is 39.6 Å². The number of nitrogens with one attached hydrogen (secondary N) is 1. The number of primary amides is 1. The Kier molecular flexibility index (Phi) is 6.90. The van der Waals surface area contributed by atoms with E-state index in [-0.39, 0.29) is 72.3 Å². The van der Waals surface area contributed by atoms with Crippen LogP contribution in [0, 0.1) is 17.7 Å². The molecule has 4 aliphatic carbocycles. The number of phenols is 1. The van der Waals surface area contributed by atoms with Crippen molar-refractivity contribution in [1.29, 1.82) is 0 Å². The highest BCUT2D eigenvalue weighted by atomic mass is 19.1. The summed E-state index contributed by atoms with van der Waals surface area (Å²) in [6, 6.07) is -0.974. The summed E-state index contributed by atoms with van der Waals surface area (Å²) in [5.74, 6) is -8.87. The van der Waals surface area contributed by atoms with Crippen molar-refractivity contribution in [2.24, 2.45) is 17.6 Å². The van der Waals surface area contributed by atoms with Gasteiger partial charge in [-0.3, -0.25) is 24.1 Å². The van der Waals surface area contributed by atoms with Crippen molar-refractivity contribution in [3.05, 3.63) is 45.0 Å². The van der Waals surface area contributed by atoms with Crippen LogP contribution >= 0.6 is 0 Å². The molecule has 0 radical (unpaired) electrons. The molecule has 7 N–H and O–H groups in total. The minimum Gasteiger partial charge on any atom is -0.508 e. The van der Waals surface area contributed by atoms with Gasteiger partial charge in [-0.2, -0.15) is 0 Å². The zero-order chi connectivity index (χ0) is 31.1. The minimum atomic E-state index is -2.77. The Labute approximate surface area is 246 Å². The second kappa shape index (κ2) is 10.1. The van der Waals surface area contributed by atoms with E-state index in [0.717, 1.165) is 25.7 Å². The number of Topliss-reactive ketones (excluding diaryl/α,β-unsaturated/α-hetero) is 2. The molecule has 0 unspecified atom stereocenters. The molecule has 0 bridgehead atoms. The van der Waals surface area contributed by atoms with Crippen LogP contribution in [-0.2, 0) is 38.7 Å². The fraction of sp³-hybridized carbons (Fsp3) is 0.533. The number of hydrogen-bond donors (Lipinski definition) is 6. The second-order valence-electron chi connectivity index (χ2n) is 12.5. The molecule has 2 fully saturated rings. The van der Waals surface area contributed by atoms with Crippen LogP contribution in [0.2, 0.25) is 0 Å². The fourth-order valence-electron chi connectivity index (χ4n) is 7.86. The molecule has 43 heavy (non-hydrogen) atoms. The molecule has 0 aromatic heterocycles. The van der Waals surface area contributed by atoms with Crippen molar-refractivity contribution in [3.8, 4) is 5.75 Å². The number of halogens is 1. The molecule has 0 spiro atoms. The number of aliphatic hydroxyl groups excluding tert-OH is 2. The van der Waals surface area contributed by atoms with E-state index >= 15 is 4.39 Å². The van der Waals surface area contributed by atoms with Gasteiger partial charge in [0.1, 0.15) is 28.7 Å². The normalized spacial score (nSPS) is 28.8. The molecular formula is C30H35FN4O8. The van der Waals surface area contributed by atoms with Gasteiger partial charge in [0.15, 0.2) is 11.4 Å². The van der Waals surface area contributed by atoms with Gasteiger partial charge >= 0.3 is 0 Å². The standard InChI is InChI=1S/C30H35FN4O8/c1-34(2)23-17-8-12-7-14-20(25(38)19(12)27(40)30(17,43)28(41)21(26(23)39)29(32)42)24(37)16-11-35(10-15(16)22(14)31)18(36)9-33-13-5-3-4-6-13/h12-13,17,23,33,37-38,41,43H,3-11H2,1-2H3,(H2,32,42)/t12-,17-,23-,30-/m0/s1. The number of fused-ring (bicyclic) bond motifs is 4. The SMILES string of the molecule is CN(C)[C@@H]1C(=O)C(C(N)=O)=C(O)[C@@]2(O)C(=O)C3=C(O)c4c(O)c5c(c(F)c4C[C@H]3C[C@@H]12)CN(C(=O)CNC1CCCC1)C5. The van der Waals surface area contributed by atoms with E-state index in [2.05, 4.69) is 5.32 Å². The number of nitrogens with two attached hydrogens (primary N) is 1. The number of ketones is 2. The molecule has 12 nitrogen and oxygen atoms in total. The smallest absolute Gasteiger partial charge is 0.255 e. The Morgan fingerprint density at radius 3 is 2.37 bits per heavy atom. The van der Waals surface area contributed by atoms with Gasteiger partial charge in [0.25, 0.3) is 5.91 Å². The monoisotopic (exact) mass is 598 g/mol. The van der Waals surface area contributed by atoms with Crippen LogP contribution in [0.1, 0.15) is 54.4 Å².